The Morgan fingerprint density at radius 1 is 1.26 bits per heavy atom. The molecule has 0 spiro atoms. The summed E-state index contributed by atoms with van der Waals surface area (Å²) >= 11 is 12.5. The van der Waals surface area contributed by atoms with Crippen molar-refractivity contribution in [2.75, 3.05) is 7.05 Å². The van der Waals surface area contributed by atoms with Crippen LogP contribution in [-0.2, 0) is 0 Å². The highest BCUT2D eigenvalue weighted by atomic mass is 35.5. The Kier molecular flexibility index (Phi) is 5.56. The largest absolute Gasteiger partial charge is 0.313 e. The second-order valence-corrected chi connectivity index (χ2v) is 6.39. The summed E-state index contributed by atoms with van der Waals surface area (Å²) < 4.78 is 0. The fourth-order valence-electron chi connectivity index (χ4n) is 3.54. The standard InChI is InChI=1S/C16H23Cl2N/c1-3-11-6-4-5-7-13(11)16(19-2)14-10-12(17)8-9-15(14)18/h8-11,13,16,19H,3-7H2,1-2H3. The van der Waals surface area contributed by atoms with Crippen molar-refractivity contribution in [3.05, 3.63) is 33.8 Å². The van der Waals surface area contributed by atoms with Crippen molar-refractivity contribution in [2.45, 2.75) is 45.1 Å². The maximum Gasteiger partial charge on any atom is 0.0454 e. The summed E-state index contributed by atoms with van der Waals surface area (Å²) in [6, 6.07) is 6.11. The Bertz CT molecular complexity index is 419. The molecule has 1 aliphatic carbocycles. The molecule has 106 valence electrons. The molecule has 3 heteroatoms. The maximum absolute atomic E-state index is 6.38. The number of rotatable bonds is 4. The van der Waals surface area contributed by atoms with E-state index in [9.17, 15) is 0 Å². The molecule has 0 radical (unpaired) electrons. The van der Waals surface area contributed by atoms with E-state index in [0.29, 0.717) is 12.0 Å². The summed E-state index contributed by atoms with van der Waals surface area (Å²) in [7, 11) is 2.03. The summed E-state index contributed by atoms with van der Waals surface area (Å²) in [5.41, 5.74) is 1.15. The lowest BCUT2D eigenvalue weighted by Crippen LogP contribution is -2.32. The van der Waals surface area contributed by atoms with Crippen LogP contribution in [0, 0.1) is 11.8 Å². The van der Waals surface area contributed by atoms with Crippen LogP contribution >= 0.6 is 23.2 Å². The molecule has 1 aliphatic rings. The van der Waals surface area contributed by atoms with Gasteiger partial charge in [0.25, 0.3) is 0 Å². The maximum atomic E-state index is 6.38. The van der Waals surface area contributed by atoms with Crippen LogP contribution in [0.3, 0.4) is 0 Å². The normalized spacial score (nSPS) is 25.3. The van der Waals surface area contributed by atoms with Crippen LogP contribution in [0.1, 0.15) is 50.6 Å². The molecule has 3 atom stereocenters. The van der Waals surface area contributed by atoms with E-state index in [1.807, 2.05) is 25.2 Å². The fraction of sp³-hybridized carbons (Fsp3) is 0.625. The van der Waals surface area contributed by atoms with Gasteiger partial charge in [-0.1, -0.05) is 55.8 Å². The minimum Gasteiger partial charge on any atom is -0.313 e. The van der Waals surface area contributed by atoms with Crippen molar-refractivity contribution in [2.24, 2.45) is 11.8 Å². The van der Waals surface area contributed by atoms with Crippen LogP contribution in [0.5, 0.6) is 0 Å². The van der Waals surface area contributed by atoms with Crippen LogP contribution in [0.4, 0.5) is 0 Å². The van der Waals surface area contributed by atoms with E-state index in [1.54, 1.807) is 0 Å². The Hall–Kier alpha value is -0.240. The molecule has 1 saturated carbocycles. The summed E-state index contributed by atoms with van der Waals surface area (Å²) in [4.78, 5) is 0. The Labute approximate surface area is 126 Å². The van der Waals surface area contributed by atoms with Crippen molar-refractivity contribution >= 4 is 23.2 Å². The predicted octanol–water partition coefficient (Wildman–Crippen LogP) is 5.47. The third-order valence-electron chi connectivity index (χ3n) is 4.52. The quantitative estimate of drug-likeness (QED) is 0.777. The molecule has 3 unspecified atom stereocenters. The third-order valence-corrected chi connectivity index (χ3v) is 5.10. The zero-order valence-corrected chi connectivity index (χ0v) is 13.3. The van der Waals surface area contributed by atoms with E-state index in [1.165, 1.54) is 32.1 Å². The van der Waals surface area contributed by atoms with E-state index in [4.69, 9.17) is 23.2 Å². The molecule has 1 aromatic carbocycles. The Morgan fingerprint density at radius 2 is 2.00 bits per heavy atom. The smallest absolute Gasteiger partial charge is 0.0454 e. The lowest BCUT2D eigenvalue weighted by molar-refractivity contribution is 0.180. The first-order chi connectivity index (χ1) is 9.17. The lowest BCUT2D eigenvalue weighted by Gasteiger charge is -2.37. The van der Waals surface area contributed by atoms with Crippen LogP contribution in [0.15, 0.2) is 18.2 Å². The van der Waals surface area contributed by atoms with Crippen molar-refractivity contribution in [3.8, 4) is 0 Å². The minimum absolute atomic E-state index is 0.316. The molecule has 0 heterocycles. The number of benzene rings is 1. The number of halogens is 2. The zero-order chi connectivity index (χ0) is 13.8. The molecule has 19 heavy (non-hydrogen) atoms. The average molecular weight is 300 g/mol. The van der Waals surface area contributed by atoms with E-state index in [0.717, 1.165) is 21.5 Å². The first-order valence-electron chi connectivity index (χ1n) is 7.29. The summed E-state index contributed by atoms with van der Waals surface area (Å²) in [6.07, 6.45) is 6.58. The minimum atomic E-state index is 0.316. The van der Waals surface area contributed by atoms with Gasteiger partial charge >= 0.3 is 0 Å². The second kappa shape index (κ2) is 6.97. The molecule has 0 bridgehead atoms. The van der Waals surface area contributed by atoms with E-state index in [-0.39, 0.29) is 0 Å². The summed E-state index contributed by atoms with van der Waals surface area (Å²) in [6.45, 7) is 2.30. The molecule has 1 nitrogen and oxygen atoms in total. The van der Waals surface area contributed by atoms with Gasteiger partial charge in [0.1, 0.15) is 0 Å². The van der Waals surface area contributed by atoms with E-state index in [2.05, 4.69) is 12.2 Å². The SMILES string of the molecule is CCC1CCCCC1C(NC)c1cc(Cl)ccc1Cl. The zero-order valence-electron chi connectivity index (χ0n) is 11.8. The van der Waals surface area contributed by atoms with Crippen LogP contribution in [0.25, 0.3) is 0 Å². The van der Waals surface area contributed by atoms with Gasteiger partial charge in [-0.15, -0.1) is 0 Å². The van der Waals surface area contributed by atoms with Crippen LogP contribution in [0.2, 0.25) is 10.0 Å². The topological polar surface area (TPSA) is 12.0 Å². The summed E-state index contributed by atoms with van der Waals surface area (Å²) in [5, 5.41) is 5.07. The van der Waals surface area contributed by atoms with E-state index < -0.39 is 0 Å². The number of nitrogens with one attached hydrogen (secondary N) is 1. The van der Waals surface area contributed by atoms with Crippen LogP contribution in [-0.4, -0.2) is 7.05 Å². The molecule has 1 aromatic rings. The van der Waals surface area contributed by atoms with Crippen molar-refractivity contribution in [1.82, 2.24) is 5.32 Å². The first kappa shape index (κ1) is 15.2. The van der Waals surface area contributed by atoms with Crippen molar-refractivity contribution in [1.29, 1.82) is 0 Å². The van der Waals surface area contributed by atoms with Gasteiger partial charge in [-0.25, -0.2) is 0 Å². The lowest BCUT2D eigenvalue weighted by atomic mass is 9.72. The Morgan fingerprint density at radius 3 is 2.68 bits per heavy atom. The molecule has 0 saturated heterocycles. The van der Waals surface area contributed by atoms with Gasteiger partial charge in [-0.3, -0.25) is 0 Å². The molecule has 1 fully saturated rings. The molecular weight excluding hydrogens is 277 g/mol. The van der Waals surface area contributed by atoms with Crippen molar-refractivity contribution in [3.63, 3.8) is 0 Å². The molecule has 2 rings (SSSR count). The number of hydrogen-bond donors (Lipinski definition) is 1. The highest BCUT2D eigenvalue weighted by Crippen LogP contribution is 2.42. The molecule has 0 amide bonds. The molecule has 0 aliphatic heterocycles. The van der Waals surface area contributed by atoms with E-state index >= 15 is 0 Å². The van der Waals surface area contributed by atoms with Crippen molar-refractivity contribution < 1.29 is 0 Å². The predicted molar refractivity (Wildman–Crippen MR) is 84.0 cm³/mol. The first-order valence-corrected chi connectivity index (χ1v) is 8.05. The molecule has 1 N–H and O–H groups in total. The van der Waals surface area contributed by atoms with Gasteiger partial charge in [0, 0.05) is 16.1 Å². The van der Waals surface area contributed by atoms with Crippen LogP contribution < -0.4 is 5.32 Å². The second-order valence-electron chi connectivity index (χ2n) is 5.55. The fourth-order valence-corrected chi connectivity index (χ4v) is 3.95. The third kappa shape index (κ3) is 3.45. The van der Waals surface area contributed by atoms with Gasteiger partial charge in [-0.2, -0.15) is 0 Å². The van der Waals surface area contributed by atoms with Gasteiger partial charge < -0.3 is 5.32 Å². The van der Waals surface area contributed by atoms with Gasteiger partial charge in [0.15, 0.2) is 0 Å². The number of hydrogen-bond acceptors (Lipinski definition) is 1. The molecular formula is C16H23Cl2N. The summed E-state index contributed by atoms with van der Waals surface area (Å²) in [5.74, 6) is 1.46. The molecule has 0 aromatic heterocycles. The Balaban J connectivity index is 2.29. The van der Waals surface area contributed by atoms with Gasteiger partial charge in [-0.05, 0) is 49.1 Å². The average Bonchev–Trinajstić information content (AvgIpc) is 2.44. The highest BCUT2D eigenvalue weighted by Gasteiger charge is 2.31. The van der Waals surface area contributed by atoms with Gasteiger partial charge in [0.2, 0.25) is 0 Å². The van der Waals surface area contributed by atoms with Gasteiger partial charge in [0.05, 0.1) is 0 Å². The monoisotopic (exact) mass is 299 g/mol. The highest BCUT2D eigenvalue weighted by molar-refractivity contribution is 6.33.